The van der Waals surface area contributed by atoms with Crippen molar-refractivity contribution < 1.29 is 14.3 Å². The van der Waals surface area contributed by atoms with Gasteiger partial charge in [0.25, 0.3) is 0 Å². The number of benzene rings is 1. The van der Waals surface area contributed by atoms with Crippen molar-refractivity contribution >= 4 is 5.97 Å². The van der Waals surface area contributed by atoms with Crippen LogP contribution in [0.3, 0.4) is 0 Å². The summed E-state index contributed by atoms with van der Waals surface area (Å²) in [5.74, 6) is 0.501. The van der Waals surface area contributed by atoms with E-state index < -0.39 is 0 Å². The maximum absolute atomic E-state index is 12.1. The number of ether oxygens (including phenoxy) is 2. The Morgan fingerprint density at radius 2 is 1.61 bits per heavy atom. The van der Waals surface area contributed by atoms with Gasteiger partial charge in [-0.3, -0.25) is 0 Å². The molecule has 0 amide bonds. The summed E-state index contributed by atoms with van der Waals surface area (Å²) in [6.07, 6.45) is 5.36. The predicted octanol–water partition coefficient (Wildman–Crippen LogP) is 4.81. The largest absolute Gasteiger partial charge is 0.460 e. The Kier molecular flexibility index (Phi) is 9.61. The van der Waals surface area contributed by atoms with Crippen molar-refractivity contribution in [3.05, 3.63) is 34.9 Å². The molecule has 0 aliphatic heterocycles. The highest BCUT2D eigenvalue weighted by Crippen LogP contribution is 2.13. The standard InChI is InChI=1S/C20H32O3/c1-5-17-13-18(6-2)15-19(14-17)20(21)23-12-11-22-10-8-7-9-16(3)4/h13-16H,5-12H2,1-4H3. The van der Waals surface area contributed by atoms with Crippen LogP contribution >= 0.6 is 0 Å². The van der Waals surface area contributed by atoms with Gasteiger partial charge < -0.3 is 9.47 Å². The Morgan fingerprint density at radius 3 is 2.17 bits per heavy atom. The third-order valence-corrected chi connectivity index (χ3v) is 3.89. The van der Waals surface area contributed by atoms with E-state index in [1.54, 1.807) is 0 Å². The molecule has 0 aliphatic rings. The fourth-order valence-electron chi connectivity index (χ4n) is 2.42. The molecule has 0 aliphatic carbocycles. The normalized spacial score (nSPS) is 11.0. The molecule has 0 fully saturated rings. The van der Waals surface area contributed by atoms with Gasteiger partial charge >= 0.3 is 5.97 Å². The second-order valence-electron chi connectivity index (χ2n) is 6.38. The molecular weight excluding hydrogens is 288 g/mol. The lowest BCUT2D eigenvalue weighted by molar-refractivity contribution is 0.0311. The lowest BCUT2D eigenvalue weighted by Crippen LogP contribution is -2.12. The van der Waals surface area contributed by atoms with Crippen molar-refractivity contribution in [2.45, 2.75) is 59.8 Å². The Bertz CT molecular complexity index is 444. The van der Waals surface area contributed by atoms with Crippen LogP contribution in [0.15, 0.2) is 18.2 Å². The quantitative estimate of drug-likeness (QED) is 0.433. The number of rotatable bonds is 11. The minimum atomic E-state index is -0.251. The van der Waals surface area contributed by atoms with E-state index in [0.717, 1.165) is 31.8 Å². The molecule has 1 aromatic rings. The van der Waals surface area contributed by atoms with Gasteiger partial charge in [0.1, 0.15) is 6.61 Å². The number of esters is 1. The maximum atomic E-state index is 12.1. The average Bonchev–Trinajstić information content (AvgIpc) is 2.56. The molecule has 1 aromatic carbocycles. The van der Waals surface area contributed by atoms with Crippen LogP contribution in [-0.4, -0.2) is 25.8 Å². The van der Waals surface area contributed by atoms with Crippen molar-refractivity contribution in [1.29, 1.82) is 0 Å². The van der Waals surface area contributed by atoms with Crippen LogP contribution in [0.1, 0.15) is 68.4 Å². The van der Waals surface area contributed by atoms with Crippen LogP contribution in [0, 0.1) is 5.92 Å². The van der Waals surface area contributed by atoms with Gasteiger partial charge in [-0.05, 0) is 48.4 Å². The summed E-state index contributed by atoms with van der Waals surface area (Å²) in [6.45, 7) is 10.2. The molecule has 23 heavy (non-hydrogen) atoms. The van der Waals surface area contributed by atoms with Crippen LogP contribution in [-0.2, 0) is 22.3 Å². The van der Waals surface area contributed by atoms with Gasteiger partial charge in [-0.1, -0.05) is 46.6 Å². The first-order valence-corrected chi connectivity index (χ1v) is 8.94. The number of carbonyl (C=O) groups is 1. The van der Waals surface area contributed by atoms with E-state index >= 15 is 0 Å². The van der Waals surface area contributed by atoms with Crippen molar-refractivity contribution in [1.82, 2.24) is 0 Å². The van der Waals surface area contributed by atoms with Crippen LogP contribution in [0.5, 0.6) is 0 Å². The number of carbonyl (C=O) groups excluding carboxylic acids is 1. The topological polar surface area (TPSA) is 35.5 Å². The summed E-state index contributed by atoms with van der Waals surface area (Å²) in [5, 5.41) is 0. The van der Waals surface area contributed by atoms with Crippen molar-refractivity contribution in [3.8, 4) is 0 Å². The monoisotopic (exact) mass is 320 g/mol. The molecule has 0 bridgehead atoms. The van der Waals surface area contributed by atoms with Crippen LogP contribution < -0.4 is 0 Å². The van der Waals surface area contributed by atoms with Crippen LogP contribution in [0.2, 0.25) is 0 Å². The lowest BCUT2D eigenvalue weighted by atomic mass is 10.0. The maximum Gasteiger partial charge on any atom is 0.338 e. The van der Waals surface area contributed by atoms with Gasteiger partial charge in [-0.15, -0.1) is 0 Å². The average molecular weight is 320 g/mol. The first-order valence-electron chi connectivity index (χ1n) is 8.94. The summed E-state index contributed by atoms with van der Waals surface area (Å²) in [4.78, 5) is 12.1. The molecule has 0 saturated heterocycles. The van der Waals surface area contributed by atoms with Gasteiger partial charge in [0.15, 0.2) is 0 Å². The highest BCUT2D eigenvalue weighted by atomic mass is 16.6. The fourth-order valence-corrected chi connectivity index (χ4v) is 2.42. The van der Waals surface area contributed by atoms with E-state index in [1.807, 2.05) is 12.1 Å². The van der Waals surface area contributed by atoms with Gasteiger partial charge in [-0.2, -0.15) is 0 Å². The highest BCUT2D eigenvalue weighted by Gasteiger charge is 2.09. The van der Waals surface area contributed by atoms with Gasteiger partial charge in [-0.25, -0.2) is 4.79 Å². The van der Waals surface area contributed by atoms with Gasteiger partial charge in [0, 0.05) is 6.61 Å². The molecule has 3 heteroatoms. The Hall–Kier alpha value is -1.35. The molecule has 0 radical (unpaired) electrons. The van der Waals surface area contributed by atoms with Gasteiger partial charge in [0.05, 0.1) is 12.2 Å². The number of aryl methyl sites for hydroxylation is 2. The van der Waals surface area contributed by atoms with E-state index in [2.05, 4.69) is 33.8 Å². The summed E-state index contributed by atoms with van der Waals surface area (Å²) in [6, 6.07) is 6.00. The molecule has 0 atom stereocenters. The molecule has 0 N–H and O–H groups in total. The van der Waals surface area contributed by atoms with Crippen molar-refractivity contribution in [2.75, 3.05) is 19.8 Å². The SMILES string of the molecule is CCc1cc(CC)cc(C(=O)OCCOCCCCC(C)C)c1. The molecule has 0 heterocycles. The number of unbranched alkanes of at least 4 members (excludes halogenated alkanes) is 1. The smallest absolute Gasteiger partial charge is 0.338 e. The zero-order valence-electron chi connectivity index (χ0n) is 15.2. The summed E-state index contributed by atoms with van der Waals surface area (Å²) in [7, 11) is 0. The highest BCUT2D eigenvalue weighted by molar-refractivity contribution is 5.89. The molecule has 130 valence electrons. The molecule has 0 spiro atoms. The molecule has 0 saturated carbocycles. The van der Waals surface area contributed by atoms with E-state index in [1.165, 1.54) is 24.0 Å². The van der Waals surface area contributed by atoms with E-state index in [0.29, 0.717) is 18.8 Å². The molecule has 0 unspecified atom stereocenters. The molecule has 1 rings (SSSR count). The van der Waals surface area contributed by atoms with Crippen LogP contribution in [0.4, 0.5) is 0 Å². The van der Waals surface area contributed by atoms with Crippen molar-refractivity contribution in [3.63, 3.8) is 0 Å². The van der Waals surface area contributed by atoms with Crippen LogP contribution in [0.25, 0.3) is 0 Å². The van der Waals surface area contributed by atoms with E-state index in [9.17, 15) is 4.79 Å². The Morgan fingerprint density at radius 1 is 0.957 bits per heavy atom. The molecule has 0 aromatic heterocycles. The van der Waals surface area contributed by atoms with E-state index in [-0.39, 0.29) is 5.97 Å². The molecule has 3 nitrogen and oxygen atoms in total. The lowest BCUT2D eigenvalue weighted by Gasteiger charge is -2.09. The first-order chi connectivity index (χ1) is 11.1. The van der Waals surface area contributed by atoms with Crippen molar-refractivity contribution in [2.24, 2.45) is 5.92 Å². The first kappa shape index (κ1) is 19.7. The number of hydrogen-bond acceptors (Lipinski definition) is 3. The summed E-state index contributed by atoms with van der Waals surface area (Å²) >= 11 is 0. The third-order valence-electron chi connectivity index (χ3n) is 3.89. The third kappa shape index (κ3) is 8.17. The minimum absolute atomic E-state index is 0.251. The zero-order chi connectivity index (χ0) is 17.1. The minimum Gasteiger partial charge on any atom is -0.460 e. The fraction of sp³-hybridized carbons (Fsp3) is 0.650. The zero-order valence-corrected chi connectivity index (χ0v) is 15.2. The summed E-state index contributed by atoms with van der Waals surface area (Å²) in [5.41, 5.74) is 3.01. The number of hydrogen-bond donors (Lipinski definition) is 0. The Balaban J connectivity index is 2.26. The Labute approximate surface area is 141 Å². The summed E-state index contributed by atoms with van der Waals surface area (Å²) < 4.78 is 10.8. The van der Waals surface area contributed by atoms with E-state index in [4.69, 9.17) is 9.47 Å². The molecular formula is C20H32O3. The predicted molar refractivity (Wildman–Crippen MR) is 95.0 cm³/mol. The second-order valence-corrected chi connectivity index (χ2v) is 6.38. The second kappa shape index (κ2) is 11.2. The van der Waals surface area contributed by atoms with Gasteiger partial charge in [0.2, 0.25) is 0 Å².